The van der Waals surface area contributed by atoms with Crippen molar-refractivity contribution in [3.05, 3.63) is 0 Å². The van der Waals surface area contributed by atoms with Gasteiger partial charge in [0.25, 0.3) is 0 Å². The molecule has 0 aliphatic carbocycles. The zero-order valence-corrected chi connectivity index (χ0v) is 8.24. The lowest BCUT2D eigenvalue weighted by atomic mass is 10.5. The Balaban J connectivity index is 3.16. The smallest absolute Gasteiger partial charge is 0.302 e. The Morgan fingerprint density at radius 1 is 1.78 bits per heavy atom. The summed E-state index contributed by atoms with van der Waals surface area (Å²) < 4.78 is 4.68. The lowest BCUT2D eigenvalue weighted by Crippen LogP contribution is -2.12. The van der Waals surface area contributed by atoms with Crippen LogP contribution in [0.5, 0.6) is 0 Å². The Morgan fingerprint density at radius 2 is 2.33 bits per heavy atom. The summed E-state index contributed by atoms with van der Waals surface area (Å²) in [7, 11) is 0. The Bertz CT molecular complexity index is 95.0. The van der Waals surface area contributed by atoms with Gasteiger partial charge in [-0.2, -0.15) is 0 Å². The molecule has 9 heavy (non-hydrogen) atoms. The molecule has 0 aliphatic heterocycles. The number of hydrogen-bond donors (Lipinski definition) is 0. The highest BCUT2D eigenvalue weighted by Crippen LogP contribution is 2.03. The number of ether oxygens (including phenoxy) is 1. The number of hydrogen-bond acceptors (Lipinski definition) is 2. The first-order valence-corrected chi connectivity index (χ1v) is 4.54. The normalized spacial score (nSPS) is 12.8. The zero-order chi connectivity index (χ0) is 7.28. The standard InChI is InChI=1S/C5H8Br2O2/c1-4(8)9-3-5(7)2-6/h5H,2-3H2,1H3/t5-/m1/s1. The first kappa shape index (κ1) is 9.43. The van der Waals surface area contributed by atoms with E-state index >= 15 is 0 Å². The van der Waals surface area contributed by atoms with Gasteiger partial charge in [0.05, 0.1) is 4.83 Å². The molecule has 0 radical (unpaired) electrons. The second-order valence-electron chi connectivity index (χ2n) is 1.55. The maximum atomic E-state index is 10.2. The van der Waals surface area contributed by atoms with Crippen molar-refractivity contribution in [2.45, 2.75) is 11.8 Å². The molecule has 1 atom stereocenters. The largest absolute Gasteiger partial charge is 0.465 e. The molecule has 2 nitrogen and oxygen atoms in total. The van der Waals surface area contributed by atoms with Gasteiger partial charge in [-0.15, -0.1) is 0 Å². The van der Waals surface area contributed by atoms with Gasteiger partial charge in [-0.25, -0.2) is 0 Å². The van der Waals surface area contributed by atoms with Gasteiger partial charge < -0.3 is 4.74 Å². The van der Waals surface area contributed by atoms with E-state index in [0.717, 1.165) is 5.33 Å². The Morgan fingerprint density at radius 3 is 2.67 bits per heavy atom. The molecule has 0 aromatic rings. The topological polar surface area (TPSA) is 26.3 Å². The number of carbonyl (C=O) groups is 1. The minimum atomic E-state index is -0.236. The van der Waals surface area contributed by atoms with E-state index in [0.29, 0.717) is 6.61 Å². The monoisotopic (exact) mass is 258 g/mol. The van der Waals surface area contributed by atoms with Crippen molar-refractivity contribution >= 4 is 37.8 Å². The molecule has 0 unspecified atom stereocenters. The fourth-order valence-corrected chi connectivity index (χ4v) is 0.571. The molecule has 0 aromatic carbocycles. The van der Waals surface area contributed by atoms with E-state index in [1.807, 2.05) is 0 Å². The van der Waals surface area contributed by atoms with Crippen LogP contribution < -0.4 is 0 Å². The van der Waals surface area contributed by atoms with Crippen LogP contribution in [-0.4, -0.2) is 22.7 Å². The summed E-state index contributed by atoms with van der Waals surface area (Å²) in [6.45, 7) is 1.83. The third kappa shape index (κ3) is 6.31. The third-order valence-corrected chi connectivity index (χ3v) is 2.87. The maximum absolute atomic E-state index is 10.2. The van der Waals surface area contributed by atoms with Crippen molar-refractivity contribution in [1.29, 1.82) is 0 Å². The summed E-state index contributed by atoms with van der Waals surface area (Å²) in [5.41, 5.74) is 0. The van der Waals surface area contributed by atoms with Crippen molar-refractivity contribution in [3.63, 3.8) is 0 Å². The molecule has 0 fully saturated rings. The number of rotatable bonds is 3. The lowest BCUT2D eigenvalue weighted by molar-refractivity contribution is -0.140. The molecule has 0 N–H and O–H groups in total. The van der Waals surface area contributed by atoms with Gasteiger partial charge in [0.15, 0.2) is 0 Å². The van der Waals surface area contributed by atoms with E-state index in [1.165, 1.54) is 6.92 Å². The van der Waals surface area contributed by atoms with E-state index in [-0.39, 0.29) is 10.8 Å². The minimum Gasteiger partial charge on any atom is -0.465 e. The van der Waals surface area contributed by atoms with Crippen molar-refractivity contribution in [2.24, 2.45) is 0 Å². The summed E-state index contributed by atoms with van der Waals surface area (Å²) in [5, 5.41) is 0.792. The summed E-state index contributed by atoms with van der Waals surface area (Å²) in [4.78, 5) is 10.4. The maximum Gasteiger partial charge on any atom is 0.302 e. The average molecular weight is 260 g/mol. The molecule has 0 rings (SSSR count). The summed E-state index contributed by atoms with van der Waals surface area (Å²) >= 11 is 6.51. The molecule has 0 aliphatic rings. The first-order chi connectivity index (χ1) is 4.16. The van der Waals surface area contributed by atoms with Crippen LogP contribution in [0.15, 0.2) is 0 Å². The highest BCUT2D eigenvalue weighted by Gasteiger charge is 2.02. The van der Waals surface area contributed by atoms with E-state index < -0.39 is 0 Å². The second-order valence-corrected chi connectivity index (χ2v) is 3.50. The predicted octanol–water partition coefficient (Wildman–Crippen LogP) is 1.71. The molecule has 54 valence electrons. The molecule has 4 heteroatoms. The molecule has 0 spiro atoms. The molecule has 0 aromatic heterocycles. The van der Waals surface area contributed by atoms with Crippen molar-refractivity contribution in [1.82, 2.24) is 0 Å². The van der Waals surface area contributed by atoms with Crippen LogP contribution in [0.25, 0.3) is 0 Å². The van der Waals surface area contributed by atoms with Crippen LogP contribution in [-0.2, 0) is 9.53 Å². The van der Waals surface area contributed by atoms with Gasteiger partial charge in [0, 0.05) is 12.3 Å². The fourth-order valence-electron chi connectivity index (χ4n) is 0.252. The van der Waals surface area contributed by atoms with E-state index in [9.17, 15) is 4.79 Å². The Hall–Kier alpha value is 0.430. The average Bonchev–Trinajstić information content (AvgIpc) is 1.83. The highest BCUT2D eigenvalue weighted by molar-refractivity contribution is 9.12. The second kappa shape index (κ2) is 5.23. The Kier molecular flexibility index (Phi) is 5.48. The van der Waals surface area contributed by atoms with E-state index in [1.54, 1.807) is 0 Å². The van der Waals surface area contributed by atoms with E-state index in [2.05, 4.69) is 36.6 Å². The summed E-state index contributed by atoms with van der Waals surface area (Å²) in [6, 6.07) is 0. The van der Waals surface area contributed by atoms with Crippen molar-refractivity contribution in [2.75, 3.05) is 11.9 Å². The van der Waals surface area contributed by atoms with Crippen LogP contribution in [0, 0.1) is 0 Å². The first-order valence-electron chi connectivity index (χ1n) is 2.50. The molecule has 0 saturated heterocycles. The highest BCUT2D eigenvalue weighted by atomic mass is 79.9. The van der Waals surface area contributed by atoms with Crippen LogP contribution in [0.3, 0.4) is 0 Å². The van der Waals surface area contributed by atoms with Crippen molar-refractivity contribution in [3.8, 4) is 0 Å². The van der Waals surface area contributed by atoms with Gasteiger partial charge in [-0.1, -0.05) is 31.9 Å². The van der Waals surface area contributed by atoms with Crippen molar-refractivity contribution < 1.29 is 9.53 Å². The fraction of sp³-hybridized carbons (Fsp3) is 0.800. The van der Waals surface area contributed by atoms with Gasteiger partial charge in [0.2, 0.25) is 0 Å². The SMILES string of the molecule is CC(=O)OC[C@H](Br)CBr. The summed E-state index contributed by atoms with van der Waals surface area (Å²) in [6.07, 6.45) is 0. The lowest BCUT2D eigenvalue weighted by Gasteiger charge is -2.03. The van der Waals surface area contributed by atoms with Gasteiger partial charge in [-0.3, -0.25) is 4.79 Å². The minimum absolute atomic E-state index is 0.224. The number of esters is 1. The number of halogens is 2. The van der Waals surface area contributed by atoms with Crippen LogP contribution in [0.1, 0.15) is 6.92 Å². The Labute approximate surface area is 71.2 Å². The van der Waals surface area contributed by atoms with Gasteiger partial charge in [0.1, 0.15) is 6.61 Å². The molecule has 0 bridgehead atoms. The zero-order valence-electron chi connectivity index (χ0n) is 5.06. The molecule has 0 heterocycles. The van der Waals surface area contributed by atoms with E-state index in [4.69, 9.17) is 0 Å². The molecular formula is C5H8Br2O2. The quantitative estimate of drug-likeness (QED) is 0.570. The van der Waals surface area contributed by atoms with Crippen LogP contribution in [0.4, 0.5) is 0 Å². The molecule has 0 amide bonds. The third-order valence-electron chi connectivity index (χ3n) is 0.635. The predicted molar refractivity (Wildman–Crippen MR) is 43.1 cm³/mol. The van der Waals surface area contributed by atoms with Gasteiger partial charge >= 0.3 is 5.97 Å². The van der Waals surface area contributed by atoms with Gasteiger partial charge in [-0.05, 0) is 0 Å². The summed E-state index contributed by atoms with van der Waals surface area (Å²) in [5.74, 6) is -0.236. The number of alkyl halides is 2. The molecular weight excluding hydrogens is 252 g/mol. The van der Waals surface area contributed by atoms with Crippen LogP contribution >= 0.6 is 31.9 Å². The number of carbonyl (C=O) groups excluding carboxylic acids is 1. The van der Waals surface area contributed by atoms with Crippen LogP contribution in [0.2, 0.25) is 0 Å². The molecule has 0 saturated carbocycles.